The number of carbonyl (C=O) groups is 1. The van der Waals surface area contributed by atoms with Gasteiger partial charge in [-0.05, 0) is 29.0 Å². The molecule has 0 heterocycles. The number of hydrogen-bond acceptors (Lipinski definition) is 3. The van der Waals surface area contributed by atoms with Gasteiger partial charge in [-0.25, -0.2) is 10.2 Å². The zero-order chi connectivity index (χ0) is 12.1. The van der Waals surface area contributed by atoms with Crippen LogP contribution in [0.1, 0.15) is 29.8 Å². The fourth-order valence-electron chi connectivity index (χ4n) is 1.17. The van der Waals surface area contributed by atoms with Crippen molar-refractivity contribution in [1.29, 1.82) is 0 Å². The van der Waals surface area contributed by atoms with Crippen molar-refractivity contribution in [2.75, 3.05) is 0 Å². The van der Waals surface area contributed by atoms with E-state index in [4.69, 9.17) is 5.84 Å². The predicted molar refractivity (Wildman–Crippen MR) is 64.5 cm³/mol. The number of amides is 1. The van der Waals surface area contributed by atoms with Crippen LogP contribution in [0.4, 0.5) is 4.39 Å². The second kappa shape index (κ2) is 5.86. The van der Waals surface area contributed by atoms with Gasteiger partial charge in [-0.2, -0.15) is 11.8 Å². The Balaban J connectivity index is 2.86. The van der Waals surface area contributed by atoms with Crippen LogP contribution in [0.3, 0.4) is 0 Å². The van der Waals surface area contributed by atoms with Crippen LogP contribution in [0.2, 0.25) is 0 Å². The first kappa shape index (κ1) is 13.0. The van der Waals surface area contributed by atoms with Gasteiger partial charge in [0.15, 0.2) is 0 Å². The number of nitrogens with one attached hydrogen (secondary N) is 1. The molecule has 0 aromatic heterocycles. The molecule has 0 aliphatic heterocycles. The predicted octanol–water partition coefficient (Wildman–Crippen LogP) is 2.07. The van der Waals surface area contributed by atoms with Crippen molar-refractivity contribution in [1.82, 2.24) is 5.43 Å². The highest BCUT2D eigenvalue weighted by molar-refractivity contribution is 7.99. The SMILES string of the molecule is CC(C)SCc1cc(C(=O)NN)ccc1F. The molecule has 0 aliphatic carbocycles. The summed E-state index contributed by atoms with van der Waals surface area (Å²) in [5.74, 6) is 4.87. The zero-order valence-corrected chi connectivity index (χ0v) is 10.1. The molecular weight excluding hydrogens is 227 g/mol. The third kappa shape index (κ3) is 3.50. The van der Waals surface area contributed by atoms with Crippen LogP contribution < -0.4 is 11.3 Å². The lowest BCUT2D eigenvalue weighted by Crippen LogP contribution is -2.30. The van der Waals surface area contributed by atoms with Crippen LogP contribution in [0.15, 0.2) is 18.2 Å². The molecule has 1 rings (SSSR count). The number of nitrogen functional groups attached to an aromatic ring is 1. The number of hydrogen-bond donors (Lipinski definition) is 2. The van der Waals surface area contributed by atoms with Gasteiger partial charge < -0.3 is 0 Å². The highest BCUT2D eigenvalue weighted by Crippen LogP contribution is 2.20. The largest absolute Gasteiger partial charge is 0.290 e. The van der Waals surface area contributed by atoms with Crippen molar-refractivity contribution < 1.29 is 9.18 Å². The van der Waals surface area contributed by atoms with Crippen molar-refractivity contribution in [2.24, 2.45) is 5.84 Å². The van der Waals surface area contributed by atoms with Gasteiger partial charge in [0.1, 0.15) is 5.82 Å². The Labute approximate surface area is 98.6 Å². The average Bonchev–Trinajstić information content (AvgIpc) is 2.26. The number of benzene rings is 1. The minimum Gasteiger partial charge on any atom is -0.290 e. The van der Waals surface area contributed by atoms with E-state index in [1.165, 1.54) is 18.2 Å². The number of carbonyl (C=O) groups excluding carboxylic acids is 1. The van der Waals surface area contributed by atoms with Crippen molar-refractivity contribution >= 4 is 17.7 Å². The molecule has 1 aromatic rings. The van der Waals surface area contributed by atoms with E-state index in [1.807, 2.05) is 19.3 Å². The molecule has 0 fully saturated rings. The topological polar surface area (TPSA) is 55.1 Å². The fourth-order valence-corrected chi connectivity index (χ4v) is 1.90. The van der Waals surface area contributed by atoms with Gasteiger partial charge in [0.05, 0.1) is 0 Å². The first-order valence-corrected chi connectivity index (χ1v) is 6.00. The fraction of sp³-hybridized carbons (Fsp3) is 0.364. The molecule has 3 nitrogen and oxygen atoms in total. The van der Waals surface area contributed by atoms with Gasteiger partial charge in [0.2, 0.25) is 0 Å². The molecule has 0 saturated heterocycles. The van der Waals surface area contributed by atoms with E-state index in [2.05, 4.69) is 0 Å². The Bertz CT molecular complexity index is 382. The van der Waals surface area contributed by atoms with Crippen LogP contribution in [-0.2, 0) is 5.75 Å². The van der Waals surface area contributed by atoms with Gasteiger partial charge in [-0.1, -0.05) is 13.8 Å². The Kier molecular flexibility index (Phi) is 4.76. The summed E-state index contributed by atoms with van der Waals surface area (Å²) in [5, 5.41) is 0.423. The van der Waals surface area contributed by atoms with Crippen LogP contribution in [0.5, 0.6) is 0 Å². The molecule has 16 heavy (non-hydrogen) atoms. The minimum absolute atomic E-state index is 0.290. The van der Waals surface area contributed by atoms with Crippen molar-refractivity contribution in [3.8, 4) is 0 Å². The Hall–Kier alpha value is -1.07. The lowest BCUT2D eigenvalue weighted by Gasteiger charge is -2.07. The van der Waals surface area contributed by atoms with Crippen LogP contribution in [0.25, 0.3) is 0 Å². The summed E-state index contributed by atoms with van der Waals surface area (Å²) in [7, 11) is 0. The summed E-state index contributed by atoms with van der Waals surface area (Å²) < 4.78 is 13.4. The quantitative estimate of drug-likeness (QED) is 0.483. The van der Waals surface area contributed by atoms with Gasteiger partial charge in [0, 0.05) is 11.3 Å². The van der Waals surface area contributed by atoms with Gasteiger partial charge in [-0.15, -0.1) is 0 Å². The van der Waals surface area contributed by atoms with E-state index in [0.717, 1.165) is 0 Å². The Morgan fingerprint density at radius 3 is 2.81 bits per heavy atom. The first-order chi connectivity index (χ1) is 7.54. The van der Waals surface area contributed by atoms with E-state index in [-0.39, 0.29) is 5.82 Å². The molecule has 3 N–H and O–H groups in total. The summed E-state index contributed by atoms with van der Waals surface area (Å²) >= 11 is 1.62. The maximum absolute atomic E-state index is 13.4. The first-order valence-electron chi connectivity index (χ1n) is 4.95. The maximum atomic E-state index is 13.4. The molecule has 0 bridgehead atoms. The molecule has 0 unspecified atom stereocenters. The molecule has 5 heteroatoms. The molecule has 88 valence electrons. The monoisotopic (exact) mass is 242 g/mol. The minimum atomic E-state index is -0.407. The number of rotatable bonds is 4. The number of nitrogens with two attached hydrogens (primary N) is 1. The molecular formula is C11H15FN2OS. The van der Waals surface area contributed by atoms with Crippen LogP contribution >= 0.6 is 11.8 Å². The Morgan fingerprint density at radius 1 is 1.56 bits per heavy atom. The van der Waals surface area contributed by atoms with Crippen LogP contribution in [-0.4, -0.2) is 11.2 Å². The van der Waals surface area contributed by atoms with E-state index in [9.17, 15) is 9.18 Å². The van der Waals surface area contributed by atoms with Crippen molar-refractivity contribution in [3.63, 3.8) is 0 Å². The highest BCUT2D eigenvalue weighted by Gasteiger charge is 2.09. The zero-order valence-electron chi connectivity index (χ0n) is 9.29. The summed E-state index contributed by atoms with van der Waals surface area (Å²) in [6, 6.07) is 4.24. The smallest absolute Gasteiger partial charge is 0.265 e. The maximum Gasteiger partial charge on any atom is 0.265 e. The average molecular weight is 242 g/mol. The molecule has 0 atom stereocenters. The molecule has 1 amide bonds. The number of halogens is 1. The molecule has 0 radical (unpaired) electrons. The summed E-state index contributed by atoms with van der Waals surface area (Å²) in [4.78, 5) is 11.2. The third-order valence-electron chi connectivity index (χ3n) is 2.01. The lowest BCUT2D eigenvalue weighted by molar-refractivity contribution is 0.0953. The van der Waals surface area contributed by atoms with Crippen LogP contribution in [0, 0.1) is 5.82 Å². The summed E-state index contributed by atoms with van der Waals surface area (Å²) in [6.45, 7) is 4.08. The Morgan fingerprint density at radius 2 is 2.25 bits per heavy atom. The van der Waals surface area contributed by atoms with Gasteiger partial charge in [-0.3, -0.25) is 10.2 Å². The van der Waals surface area contributed by atoms with Crippen molar-refractivity contribution in [3.05, 3.63) is 35.1 Å². The summed E-state index contributed by atoms with van der Waals surface area (Å²) in [5.41, 5.74) is 2.93. The third-order valence-corrected chi connectivity index (χ3v) is 3.16. The molecule has 1 aromatic carbocycles. The standard InChI is InChI=1S/C11H15FN2OS/c1-7(2)16-6-9-5-8(11(15)14-13)3-4-10(9)12/h3-5,7H,6,13H2,1-2H3,(H,14,15). The highest BCUT2D eigenvalue weighted by atomic mass is 32.2. The number of thioether (sulfide) groups is 1. The van der Waals surface area contributed by atoms with E-state index >= 15 is 0 Å². The summed E-state index contributed by atoms with van der Waals surface area (Å²) in [6.07, 6.45) is 0. The van der Waals surface area contributed by atoms with Gasteiger partial charge >= 0.3 is 0 Å². The molecule has 0 spiro atoms. The molecule has 0 saturated carbocycles. The number of hydrazine groups is 1. The normalized spacial score (nSPS) is 10.6. The van der Waals surface area contributed by atoms with Crippen molar-refractivity contribution in [2.45, 2.75) is 24.9 Å². The lowest BCUT2D eigenvalue weighted by atomic mass is 10.1. The second-order valence-corrected chi connectivity index (χ2v) is 5.20. The van der Waals surface area contributed by atoms with E-state index in [0.29, 0.717) is 22.1 Å². The van der Waals surface area contributed by atoms with E-state index < -0.39 is 5.91 Å². The van der Waals surface area contributed by atoms with Gasteiger partial charge in [0.25, 0.3) is 5.91 Å². The van der Waals surface area contributed by atoms with E-state index in [1.54, 1.807) is 11.8 Å². The molecule has 0 aliphatic rings. The second-order valence-electron chi connectivity index (χ2n) is 3.64.